The zero-order chi connectivity index (χ0) is 12.4. The van der Waals surface area contributed by atoms with Crippen molar-refractivity contribution in [1.82, 2.24) is 4.90 Å². The molecule has 2 fully saturated rings. The van der Waals surface area contributed by atoms with E-state index in [1.54, 1.807) is 11.3 Å². The summed E-state index contributed by atoms with van der Waals surface area (Å²) in [5.41, 5.74) is 0. The number of ether oxygens (including phenoxy) is 1. The van der Waals surface area contributed by atoms with E-state index in [-0.39, 0.29) is 5.92 Å². The average molecular weight is 265 g/mol. The van der Waals surface area contributed by atoms with Gasteiger partial charge in [-0.05, 0) is 37.1 Å². The molecule has 0 spiro atoms. The van der Waals surface area contributed by atoms with E-state index in [0.717, 1.165) is 32.6 Å². The largest absolute Gasteiger partial charge is 0.381 e. The summed E-state index contributed by atoms with van der Waals surface area (Å²) in [6.07, 6.45) is 4.15. The molecule has 1 aliphatic carbocycles. The van der Waals surface area contributed by atoms with Gasteiger partial charge in [0.1, 0.15) is 0 Å². The summed E-state index contributed by atoms with van der Waals surface area (Å²) >= 11 is 1.74. The standard InChI is InChI=1S/C14H19NO2S/c16-14(11-5-7-17-8-6-11)15(12-3-4-12)10-13-2-1-9-18-13/h1-2,9,11-12H,3-8,10H2. The third kappa shape index (κ3) is 2.75. The van der Waals surface area contributed by atoms with Crippen LogP contribution in [0.5, 0.6) is 0 Å². The van der Waals surface area contributed by atoms with Crippen molar-refractivity contribution in [3.05, 3.63) is 22.4 Å². The first-order valence-electron chi connectivity index (χ1n) is 6.75. The first kappa shape index (κ1) is 12.2. The SMILES string of the molecule is O=C(C1CCOCC1)N(Cc1cccs1)C1CC1. The van der Waals surface area contributed by atoms with Gasteiger partial charge in [-0.15, -0.1) is 11.3 Å². The molecule has 3 rings (SSSR count). The predicted molar refractivity (Wildman–Crippen MR) is 71.4 cm³/mol. The normalized spacial score (nSPS) is 20.9. The minimum absolute atomic E-state index is 0.194. The molecule has 1 aliphatic heterocycles. The van der Waals surface area contributed by atoms with Gasteiger partial charge in [-0.2, -0.15) is 0 Å². The first-order valence-corrected chi connectivity index (χ1v) is 7.63. The lowest BCUT2D eigenvalue weighted by molar-refractivity contribution is -0.139. The molecule has 2 heterocycles. The van der Waals surface area contributed by atoms with E-state index in [2.05, 4.69) is 22.4 Å². The number of amides is 1. The van der Waals surface area contributed by atoms with Gasteiger partial charge in [0.05, 0.1) is 6.54 Å². The highest BCUT2D eigenvalue weighted by atomic mass is 32.1. The highest BCUT2D eigenvalue weighted by molar-refractivity contribution is 7.09. The average Bonchev–Trinajstić information content (AvgIpc) is 3.13. The molecule has 1 aromatic heterocycles. The summed E-state index contributed by atoms with van der Waals surface area (Å²) in [5.74, 6) is 0.550. The fraction of sp³-hybridized carbons (Fsp3) is 0.643. The molecule has 1 saturated heterocycles. The van der Waals surface area contributed by atoms with Gasteiger partial charge >= 0.3 is 0 Å². The van der Waals surface area contributed by atoms with Gasteiger partial charge in [0.2, 0.25) is 5.91 Å². The molecule has 1 aromatic rings. The topological polar surface area (TPSA) is 29.5 Å². The van der Waals surface area contributed by atoms with Crippen LogP contribution in [0.15, 0.2) is 17.5 Å². The molecule has 0 atom stereocenters. The van der Waals surface area contributed by atoms with E-state index >= 15 is 0 Å². The van der Waals surface area contributed by atoms with Crippen molar-refractivity contribution in [3.63, 3.8) is 0 Å². The Morgan fingerprint density at radius 1 is 1.33 bits per heavy atom. The van der Waals surface area contributed by atoms with Gasteiger partial charge in [-0.25, -0.2) is 0 Å². The lowest BCUT2D eigenvalue weighted by Gasteiger charge is -2.29. The Bertz CT molecular complexity index is 394. The molecule has 3 nitrogen and oxygen atoms in total. The van der Waals surface area contributed by atoms with Crippen molar-refractivity contribution >= 4 is 17.2 Å². The van der Waals surface area contributed by atoms with Crippen molar-refractivity contribution in [2.24, 2.45) is 5.92 Å². The Kier molecular flexibility index (Phi) is 3.66. The fourth-order valence-corrected chi connectivity index (χ4v) is 3.23. The van der Waals surface area contributed by atoms with E-state index in [9.17, 15) is 4.79 Å². The van der Waals surface area contributed by atoms with E-state index in [4.69, 9.17) is 4.74 Å². The predicted octanol–water partition coefficient (Wildman–Crippen LogP) is 2.67. The van der Waals surface area contributed by atoms with Crippen molar-refractivity contribution in [3.8, 4) is 0 Å². The van der Waals surface area contributed by atoms with Crippen LogP contribution in [-0.2, 0) is 16.1 Å². The first-order chi connectivity index (χ1) is 8.84. The number of hydrogen-bond donors (Lipinski definition) is 0. The van der Waals surface area contributed by atoms with Crippen molar-refractivity contribution in [1.29, 1.82) is 0 Å². The molecule has 0 aromatic carbocycles. The van der Waals surface area contributed by atoms with Gasteiger partial charge in [-0.1, -0.05) is 6.07 Å². The number of carbonyl (C=O) groups excluding carboxylic acids is 1. The maximum atomic E-state index is 12.6. The third-order valence-electron chi connectivity index (χ3n) is 3.75. The molecule has 1 amide bonds. The van der Waals surface area contributed by atoms with Crippen LogP contribution in [0.4, 0.5) is 0 Å². The molecular formula is C14H19NO2S. The fourth-order valence-electron chi connectivity index (χ4n) is 2.52. The third-order valence-corrected chi connectivity index (χ3v) is 4.61. The smallest absolute Gasteiger partial charge is 0.226 e. The van der Waals surface area contributed by atoms with Crippen LogP contribution >= 0.6 is 11.3 Å². The Morgan fingerprint density at radius 3 is 2.72 bits per heavy atom. The number of carbonyl (C=O) groups is 1. The van der Waals surface area contributed by atoms with Gasteiger partial charge < -0.3 is 9.64 Å². The summed E-state index contributed by atoms with van der Waals surface area (Å²) in [5, 5.41) is 2.08. The zero-order valence-electron chi connectivity index (χ0n) is 10.5. The molecule has 0 unspecified atom stereocenters. The van der Waals surface area contributed by atoms with Crippen LogP contribution < -0.4 is 0 Å². The van der Waals surface area contributed by atoms with E-state index in [1.165, 1.54) is 17.7 Å². The lowest BCUT2D eigenvalue weighted by Crippen LogP contribution is -2.39. The molecule has 0 N–H and O–H groups in total. The summed E-state index contributed by atoms with van der Waals surface area (Å²) in [4.78, 5) is 16.0. The maximum absolute atomic E-state index is 12.6. The van der Waals surface area contributed by atoms with Crippen LogP contribution in [-0.4, -0.2) is 30.1 Å². The molecular weight excluding hydrogens is 246 g/mol. The molecule has 18 heavy (non-hydrogen) atoms. The second kappa shape index (κ2) is 5.41. The number of thiophene rings is 1. The molecule has 2 aliphatic rings. The number of hydrogen-bond acceptors (Lipinski definition) is 3. The van der Waals surface area contributed by atoms with E-state index in [1.807, 2.05) is 0 Å². The highest BCUT2D eigenvalue weighted by Crippen LogP contribution is 2.32. The zero-order valence-corrected chi connectivity index (χ0v) is 11.3. The molecule has 1 saturated carbocycles. The lowest BCUT2D eigenvalue weighted by atomic mass is 9.98. The molecule has 0 radical (unpaired) electrons. The minimum atomic E-state index is 0.194. The van der Waals surface area contributed by atoms with E-state index < -0.39 is 0 Å². The molecule has 0 bridgehead atoms. The summed E-state index contributed by atoms with van der Waals surface area (Å²) in [6, 6.07) is 4.68. The van der Waals surface area contributed by atoms with Gasteiger partial charge in [0.25, 0.3) is 0 Å². The summed E-state index contributed by atoms with van der Waals surface area (Å²) in [6.45, 7) is 2.29. The Hall–Kier alpha value is -0.870. The quantitative estimate of drug-likeness (QED) is 0.837. The highest BCUT2D eigenvalue weighted by Gasteiger charge is 2.36. The molecule has 4 heteroatoms. The van der Waals surface area contributed by atoms with Gasteiger partial charge in [-0.3, -0.25) is 4.79 Å². The second-order valence-corrected chi connectivity index (χ2v) is 6.20. The van der Waals surface area contributed by atoms with Crippen LogP contribution in [0, 0.1) is 5.92 Å². The maximum Gasteiger partial charge on any atom is 0.226 e. The van der Waals surface area contributed by atoms with Crippen LogP contribution in [0.2, 0.25) is 0 Å². The Labute approximate surface area is 112 Å². The van der Waals surface area contributed by atoms with Crippen LogP contribution in [0.25, 0.3) is 0 Å². The minimum Gasteiger partial charge on any atom is -0.381 e. The summed E-state index contributed by atoms with van der Waals surface area (Å²) < 4.78 is 5.34. The number of nitrogens with zero attached hydrogens (tertiary/aromatic N) is 1. The number of rotatable bonds is 4. The van der Waals surface area contributed by atoms with E-state index in [0.29, 0.717) is 11.9 Å². The monoisotopic (exact) mass is 265 g/mol. The molecule has 98 valence electrons. The van der Waals surface area contributed by atoms with Gasteiger partial charge in [0.15, 0.2) is 0 Å². The van der Waals surface area contributed by atoms with Crippen molar-refractivity contribution < 1.29 is 9.53 Å². The van der Waals surface area contributed by atoms with Crippen molar-refractivity contribution in [2.45, 2.75) is 38.3 Å². The van der Waals surface area contributed by atoms with Gasteiger partial charge in [0, 0.05) is 30.1 Å². The Morgan fingerprint density at radius 2 is 2.11 bits per heavy atom. The van der Waals surface area contributed by atoms with Crippen LogP contribution in [0.3, 0.4) is 0 Å². The second-order valence-electron chi connectivity index (χ2n) is 5.16. The Balaban J connectivity index is 1.66. The van der Waals surface area contributed by atoms with Crippen molar-refractivity contribution in [2.75, 3.05) is 13.2 Å². The summed E-state index contributed by atoms with van der Waals surface area (Å²) in [7, 11) is 0. The van der Waals surface area contributed by atoms with Crippen LogP contribution in [0.1, 0.15) is 30.6 Å².